The molecule has 7 N–H and O–H groups in total. The molecule has 0 aromatic heterocycles. The molecular formula is C8H16N4O6. The van der Waals surface area contributed by atoms with E-state index in [0.29, 0.717) is 0 Å². The Bertz CT molecular complexity index is 310. The zero-order valence-corrected chi connectivity index (χ0v) is 9.75. The first-order chi connectivity index (χ1) is 8.47. The molecule has 0 radical (unpaired) electrons. The summed E-state index contributed by atoms with van der Waals surface area (Å²) >= 11 is 0. The van der Waals surface area contributed by atoms with E-state index < -0.39 is 36.4 Å². The van der Waals surface area contributed by atoms with E-state index in [4.69, 9.17) is 17.5 Å². The van der Waals surface area contributed by atoms with Crippen molar-refractivity contribution in [3.05, 3.63) is 0 Å². The largest absolute Gasteiger partial charge is 0.468 e. The van der Waals surface area contributed by atoms with Crippen LogP contribution in [0.1, 0.15) is 0 Å². The maximum Gasteiger partial charge on any atom is 0.320 e. The first-order valence-electron chi connectivity index (χ1n) is 4.79. The van der Waals surface area contributed by atoms with E-state index in [9.17, 15) is 14.4 Å². The van der Waals surface area contributed by atoms with Gasteiger partial charge in [0.2, 0.25) is 11.8 Å². The van der Waals surface area contributed by atoms with Gasteiger partial charge in [0.05, 0.1) is 20.3 Å². The zero-order chi connectivity index (χ0) is 14.1. The van der Waals surface area contributed by atoms with E-state index in [-0.39, 0.29) is 6.61 Å². The Hall–Kier alpha value is -1.59. The standard InChI is InChI=1S/C8H16N4O6/c1-16-8(15)4(2-17-10)6(13)12-7(14)5(9)3-18-11/h4-5H,2-3,9-11H2,1H3,(H,12,13,14)/t4-,5-/m0/s1. The molecule has 0 aliphatic rings. The Kier molecular flexibility index (Phi) is 7.74. The van der Waals surface area contributed by atoms with Crippen molar-refractivity contribution in [2.45, 2.75) is 6.04 Å². The quantitative estimate of drug-likeness (QED) is 0.207. The van der Waals surface area contributed by atoms with Gasteiger partial charge < -0.3 is 20.1 Å². The molecule has 0 bridgehead atoms. The van der Waals surface area contributed by atoms with E-state index in [1.165, 1.54) is 0 Å². The second kappa shape index (κ2) is 8.49. The van der Waals surface area contributed by atoms with Crippen molar-refractivity contribution in [2.75, 3.05) is 20.3 Å². The Morgan fingerprint density at radius 2 is 1.67 bits per heavy atom. The summed E-state index contributed by atoms with van der Waals surface area (Å²) in [7, 11) is 1.08. The van der Waals surface area contributed by atoms with Gasteiger partial charge in [-0.2, -0.15) is 0 Å². The van der Waals surface area contributed by atoms with Crippen LogP contribution in [0.2, 0.25) is 0 Å². The molecule has 10 heteroatoms. The second-order valence-corrected chi connectivity index (χ2v) is 3.20. The molecule has 18 heavy (non-hydrogen) atoms. The number of carbonyl (C=O) groups is 3. The summed E-state index contributed by atoms with van der Waals surface area (Å²) in [6.07, 6.45) is 0. The molecule has 0 heterocycles. The molecule has 0 rings (SSSR count). The number of nitrogens with two attached hydrogens (primary N) is 3. The van der Waals surface area contributed by atoms with Gasteiger partial charge in [-0.05, 0) is 0 Å². The molecule has 0 aliphatic heterocycles. The summed E-state index contributed by atoms with van der Waals surface area (Å²) in [5.74, 6) is 5.43. The van der Waals surface area contributed by atoms with Crippen molar-refractivity contribution < 1.29 is 28.8 Å². The molecule has 0 aromatic rings. The van der Waals surface area contributed by atoms with Gasteiger partial charge in [-0.25, -0.2) is 11.8 Å². The van der Waals surface area contributed by atoms with Crippen LogP contribution >= 0.6 is 0 Å². The predicted octanol–water partition coefficient (Wildman–Crippen LogP) is -3.47. The molecule has 0 fully saturated rings. The molecule has 0 aromatic carbocycles. The summed E-state index contributed by atoms with van der Waals surface area (Å²) in [5.41, 5.74) is 5.32. The number of ether oxygens (including phenoxy) is 1. The zero-order valence-electron chi connectivity index (χ0n) is 9.75. The summed E-state index contributed by atoms with van der Waals surface area (Å²) in [4.78, 5) is 42.5. The van der Waals surface area contributed by atoms with Crippen molar-refractivity contribution in [3.8, 4) is 0 Å². The number of nitrogens with one attached hydrogen (secondary N) is 1. The van der Waals surface area contributed by atoms with Crippen molar-refractivity contribution in [1.82, 2.24) is 5.32 Å². The maximum atomic E-state index is 11.6. The van der Waals surface area contributed by atoms with Gasteiger partial charge in [0.1, 0.15) is 6.04 Å². The van der Waals surface area contributed by atoms with Crippen LogP contribution in [0, 0.1) is 5.92 Å². The Morgan fingerprint density at radius 3 is 2.11 bits per heavy atom. The highest BCUT2D eigenvalue weighted by Crippen LogP contribution is 2.00. The topological polar surface area (TPSA) is 169 Å². The summed E-state index contributed by atoms with van der Waals surface area (Å²) in [6, 6.07) is -1.14. The molecule has 104 valence electrons. The van der Waals surface area contributed by atoms with Crippen LogP contribution in [-0.4, -0.2) is 44.1 Å². The smallest absolute Gasteiger partial charge is 0.320 e. The van der Waals surface area contributed by atoms with Gasteiger partial charge in [0.15, 0.2) is 5.92 Å². The summed E-state index contributed by atoms with van der Waals surface area (Å²) < 4.78 is 4.35. The third kappa shape index (κ3) is 5.16. The third-order valence-electron chi connectivity index (χ3n) is 1.92. The molecule has 0 unspecified atom stereocenters. The van der Waals surface area contributed by atoms with Crippen molar-refractivity contribution in [1.29, 1.82) is 0 Å². The van der Waals surface area contributed by atoms with Gasteiger partial charge in [-0.3, -0.25) is 19.7 Å². The fourth-order valence-electron chi connectivity index (χ4n) is 0.970. The minimum atomic E-state index is -1.37. The van der Waals surface area contributed by atoms with Crippen molar-refractivity contribution in [2.24, 2.45) is 23.4 Å². The summed E-state index contributed by atoms with van der Waals surface area (Å²) in [5, 5.41) is 1.89. The predicted molar refractivity (Wildman–Crippen MR) is 56.9 cm³/mol. The maximum absolute atomic E-state index is 11.6. The van der Waals surface area contributed by atoms with Gasteiger partial charge in [-0.15, -0.1) is 0 Å². The fourth-order valence-corrected chi connectivity index (χ4v) is 0.970. The van der Waals surface area contributed by atoms with Crippen LogP contribution in [0.25, 0.3) is 0 Å². The third-order valence-corrected chi connectivity index (χ3v) is 1.92. The van der Waals surface area contributed by atoms with Gasteiger partial charge in [0.25, 0.3) is 0 Å². The summed E-state index contributed by atoms with van der Waals surface area (Å²) in [6.45, 7) is -0.718. The lowest BCUT2D eigenvalue weighted by molar-refractivity contribution is -0.153. The Balaban J connectivity index is 4.50. The normalized spacial score (nSPS) is 13.6. The van der Waals surface area contributed by atoms with Gasteiger partial charge in [0, 0.05) is 0 Å². The van der Waals surface area contributed by atoms with Crippen LogP contribution in [0.5, 0.6) is 0 Å². The van der Waals surface area contributed by atoms with Crippen LogP contribution in [0.4, 0.5) is 0 Å². The van der Waals surface area contributed by atoms with E-state index in [1.807, 2.05) is 5.32 Å². The number of esters is 1. The Morgan fingerprint density at radius 1 is 1.11 bits per heavy atom. The lowest BCUT2D eigenvalue weighted by Crippen LogP contribution is -2.50. The van der Waals surface area contributed by atoms with Crippen LogP contribution in [0.15, 0.2) is 0 Å². The van der Waals surface area contributed by atoms with E-state index in [2.05, 4.69) is 14.4 Å². The number of methoxy groups -OCH3 is 1. The lowest BCUT2D eigenvalue weighted by atomic mass is 10.1. The number of carbonyl (C=O) groups excluding carboxylic acids is 3. The van der Waals surface area contributed by atoms with Crippen molar-refractivity contribution >= 4 is 17.8 Å². The molecule has 0 saturated carbocycles. The molecule has 0 aliphatic carbocycles. The molecule has 10 nitrogen and oxygen atoms in total. The van der Waals surface area contributed by atoms with Crippen LogP contribution < -0.4 is 22.8 Å². The number of rotatable bonds is 7. The van der Waals surface area contributed by atoms with Gasteiger partial charge >= 0.3 is 5.97 Å². The fraction of sp³-hybridized carbons (Fsp3) is 0.625. The molecule has 2 amide bonds. The SMILES string of the molecule is COC(=O)[C@@H](CON)C(=O)NC(=O)[C@@H](N)CON. The number of imide groups is 1. The van der Waals surface area contributed by atoms with Crippen LogP contribution in [-0.2, 0) is 28.8 Å². The minimum absolute atomic E-state index is 0.282. The molecule has 2 atom stereocenters. The highest BCUT2D eigenvalue weighted by Gasteiger charge is 2.30. The van der Waals surface area contributed by atoms with Crippen molar-refractivity contribution in [3.63, 3.8) is 0 Å². The number of amides is 2. The number of hydrogen-bond donors (Lipinski definition) is 4. The van der Waals surface area contributed by atoms with E-state index in [0.717, 1.165) is 7.11 Å². The van der Waals surface area contributed by atoms with Crippen LogP contribution in [0.3, 0.4) is 0 Å². The first kappa shape index (κ1) is 16.4. The number of hydrogen-bond acceptors (Lipinski definition) is 9. The first-order valence-corrected chi connectivity index (χ1v) is 4.79. The average Bonchev–Trinajstić information content (AvgIpc) is 2.34. The molecular weight excluding hydrogens is 248 g/mol. The highest BCUT2D eigenvalue weighted by atomic mass is 16.6. The monoisotopic (exact) mass is 264 g/mol. The second-order valence-electron chi connectivity index (χ2n) is 3.20. The van der Waals surface area contributed by atoms with E-state index >= 15 is 0 Å². The Labute approximate surface area is 103 Å². The molecule has 0 spiro atoms. The van der Waals surface area contributed by atoms with E-state index in [1.54, 1.807) is 0 Å². The van der Waals surface area contributed by atoms with Gasteiger partial charge in [-0.1, -0.05) is 0 Å². The lowest BCUT2D eigenvalue weighted by Gasteiger charge is -2.14. The minimum Gasteiger partial charge on any atom is -0.468 e. The molecule has 0 saturated heterocycles. The highest BCUT2D eigenvalue weighted by molar-refractivity contribution is 6.06. The average molecular weight is 264 g/mol.